The van der Waals surface area contributed by atoms with E-state index in [9.17, 15) is 19.5 Å². The van der Waals surface area contributed by atoms with Gasteiger partial charge in [0, 0.05) is 12.2 Å². The van der Waals surface area contributed by atoms with Crippen LogP contribution in [0.1, 0.15) is 36.5 Å². The number of anilines is 1. The van der Waals surface area contributed by atoms with E-state index < -0.39 is 17.8 Å². The number of rotatable bonds is 6. The molecule has 2 rings (SSSR count). The normalized spacial score (nSPS) is 19.3. The Morgan fingerprint density at radius 3 is 2.48 bits per heavy atom. The zero-order valence-corrected chi connectivity index (χ0v) is 14.7. The molecule has 0 saturated heterocycles. The third kappa shape index (κ3) is 4.82. The average Bonchev–Trinajstić information content (AvgIpc) is 2.59. The van der Waals surface area contributed by atoms with Crippen LogP contribution < -0.4 is 10.6 Å². The number of benzene rings is 1. The van der Waals surface area contributed by atoms with Gasteiger partial charge in [-0.05, 0) is 37.5 Å². The summed E-state index contributed by atoms with van der Waals surface area (Å²) in [6, 6.07) is 4.62. The first-order valence-corrected chi connectivity index (χ1v) is 8.58. The highest BCUT2D eigenvalue weighted by Crippen LogP contribution is 2.28. The smallest absolute Gasteiger partial charge is 0.307 e. The van der Waals surface area contributed by atoms with Gasteiger partial charge in [-0.2, -0.15) is 0 Å². The lowest BCUT2D eigenvalue weighted by atomic mass is 9.82. The Morgan fingerprint density at radius 2 is 1.88 bits per heavy atom. The third-order valence-corrected chi connectivity index (χ3v) is 4.42. The van der Waals surface area contributed by atoms with Crippen LogP contribution in [-0.4, -0.2) is 29.4 Å². The molecule has 25 heavy (non-hydrogen) atoms. The summed E-state index contributed by atoms with van der Waals surface area (Å²) in [5, 5.41) is 14.9. The largest absolute Gasteiger partial charge is 0.481 e. The van der Waals surface area contributed by atoms with E-state index in [1.54, 1.807) is 18.2 Å². The van der Waals surface area contributed by atoms with E-state index in [0.29, 0.717) is 30.6 Å². The molecular formula is C18H21ClN2O4. The van der Waals surface area contributed by atoms with Crippen molar-refractivity contribution in [2.75, 3.05) is 11.9 Å². The van der Waals surface area contributed by atoms with Gasteiger partial charge in [0.2, 0.25) is 5.91 Å². The maximum absolute atomic E-state index is 12.4. The summed E-state index contributed by atoms with van der Waals surface area (Å²) in [5.74, 6) is -2.98. The maximum atomic E-state index is 12.4. The van der Waals surface area contributed by atoms with E-state index in [1.165, 1.54) is 6.07 Å². The highest BCUT2D eigenvalue weighted by molar-refractivity contribution is 6.34. The lowest BCUT2D eigenvalue weighted by molar-refractivity contribution is -0.146. The molecule has 134 valence electrons. The van der Waals surface area contributed by atoms with Crippen molar-refractivity contribution in [3.63, 3.8) is 0 Å². The Kier molecular flexibility index (Phi) is 6.58. The Balaban J connectivity index is 2.08. The van der Waals surface area contributed by atoms with Crippen molar-refractivity contribution in [3.8, 4) is 0 Å². The van der Waals surface area contributed by atoms with Gasteiger partial charge < -0.3 is 15.7 Å². The number of hydrogen-bond donors (Lipinski definition) is 3. The molecule has 0 fully saturated rings. The highest BCUT2D eigenvalue weighted by atomic mass is 35.5. The molecule has 0 heterocycles. The molecule has 1 aromatic carbocycles. The molecule has 1 aromatic rings. The molecule has 0 unspecified atom stereocenters. The standard InChI is InChI=1S/C18H21ClN2O4/c1-2-9-20-16(22)14-8-7-11(10-15(14)19)21-17(23)12-5-3-4-6-13(12)18(24)25/h3-4,7-8,10,12-13H,2,5-6,9H2,1H3,(H,20,22)(H,21,23)(H,24,25)/t12-,13-/m0/s1. The van der Waals surface area contributed by atoms with Gasteiger partial charge in [-0.15, -0.1) is 0 Å². The molecule has 0 aliphatic heterocycles. The monoisotopic (exact) mass is 364 g/mol. The number of aliphatic carboxylic acids is 1. The van der Waals surface area contributed by atoms with Crippen LogP contribution in [-0.2, 0) is 9.59 Å². The summed E-state index contributed by atoms with van der Waals surface area (Å²) in [5.41, 5.74) is 0.762. The number of allylic oxidation sites excluding steroid dienone is 2. The van der Waals surface area contributed by atoms with Crippen LogP contribution in [0.5, 0.6) is 0 Å². The minimum atomic E-state index is -0.981. The average molecular weight is 365 g/mol. The predicted molar refractivity (Wildman–Crippen MR) is 95.7 cm³/mol. The van der Waals surface area contributed by atoms with Gasteiger partial charge in [-0.3, -0.25) is 14.4 Å². The zero-order chi connectivity index (χ0) is 18.4. The summed E-state index contributed by atoms with van der Waals surface area (Å²) >= 11 is 6.13. The van der Waals surface area contributed by atoms with Crippen LogP contribution in [0.4, 0.5) is 5.69 Å². The van der Waals surface area contributed by atoms with E-state index in [2.05, 4.69) is 10.6 Å². The second-order valence-corrected chi connectivity index (χ2v) is 6.34. The summed E-state index contributed by atoms with van der Waals surface area (Å²) in [6.45, 7) is 2.50. The van der Waals surface area contributed by atoms with E-state index in [1.807, 2.05) is 13.0 Å². The van der Waals surface area contributed by atoms with Crippen LogP contribution in [0.15, 0.2) is 30.4 Å². The van der Waals surface area contributed by atoms with Gasteiger partial charge in [0.1, 0.15) is 0 Å². The molecule has 2 atom stereocenters. The quantitative estimate of drug-likeness (QED) is 0.676. The van der Waals surface area contributed by atoms with Gasteiger partial charge in [0.15, 0.2) is 0 Å². The molecule has 1 aliphatic carbocycles. The molecule has 1 aliphatic rings. The van der Waals surface area contributed by atoms with Crippen molar-refractivity contribution >= 4 is 35.1 Å². The van der Waals surface area contributed by atoms with Crippen molar-refractivity contribution in [2.24, 2.45) is 11.8 Å². The first-order valence-electron chi connectivity index (χ1n) is 8.20. The minimum Gasteiger partial charge on any atom is -0.481 e. The fraction of sp³-hybridized carbons (Fsp3) is 0.389. The van der Waals surface area contributed by atoms with Crippen molar-refractivity contribution in [1.29, 1.82) is 0 Å². The molecule has 6 nitrogen and oxygen atoms in total. The van der Waals surface area contributed by atoms with Crippen LogP contribution >= 0.6 is 11.6 Å². The zero-order valence-electron chi connectivity index (χ0n) is 13.9. The third-order valence-electron chi connectivity index (χ3n) is 4.10. The second-order valence-electron chi connectivity index (χ2n) is 5.93. The second kappa shape index (κ2) is 8.67. The number of hydrogen-bond acceptors (Lipinski definition) is 3. The number of carbonyl (C=O) groups excluding carboxylic acids is 2. The van der Waals surface area contributed by atoms with Crippen LogP contribution in [0.25, 0.3) is 0 Å². The van der Waals surface area contributed by atoms with Crippen LogP contribution in [0, 0.1) is 11.8 Å². The molecule has 0 bridgehead atoms. The van der Waals surface area contributed by atoms with E-state index >= 15 is 0 Å². The number of nitrogens with one attached hydrogen (secondary N) is 2. The SMILES string of the molecule is CCCNC(=O)c1ccc(NC(=O)[C@H]2CC=CC[C@@H]2C(=O)O)cc1Cl. The fourth-order valence-corrected chi connectivity index (χ4v) is 2.99. The molecule has 7 heteroatoms. The summed E-state index contributed by atoms with van der Waals surface area (Å²) in [7, 11) is 0. The Morgan fingerprint density at radius 1 is 1.20 bits per heavy atom. The van der Waals surface area contributed by atoms with Gasteiger partial charge >= 0.3 is 5.97 Å². The van der Waals surface area contributed by atoms with E-state index in [0.717, 1.165) is 6.42 Å². The van der Waals surface area contributed by atoms with Gasteiger partial charge in [-0.1, -0.05) is 30.7 Å². The maximum Gasteiger partial charge on any atom is 0.307 e. The van der Waals surface area contributed by atoms with Crippen molar-refractivity contribution in [2.45, 2.75) is 26.2 Å². The van der Waals surface area contributed by atoms with Crippen molar-refractivity contribution < 1.29 is 19.5 Å². The molecular weight excluding hydrogens is 344 g/mol. The lowest BCUT2D eigenvalue weighted by Crippen LogP contribution is -2.34. The van der Waals surface area contributed by atoms with Gasteiger partial charge in [0.05, 0.1) is 22.4 Å². The van der Waals surface area contributed by atoms with Gasteiger partial charge in [0.25, 0.3) is 5.91 Å². The van der Waals surface area contributed by atoms with Crippen LogP contribution in [0.2, 0.25) is 5.02 Å². The molecule has 3 N–H and O–H groups in total. The van der Waals surface area contributed by atoms with Crippen molar-refractivity contribution in [1.82, 2.24) is 5.32 Å². The molecule has 0 radical (unpaired) electrons. The Labute approximate surface area is 151 Å². The fourth-order valence-electron chi connectivity index (χ4n) is 2.72. The molecule has 0 aromatic heterocycles. The number of amides is 2. The minimum absolute atomic E-state index is 0.227. The van der Waals surface area contributed by atoms with Crippen LogP contribution in [0.3, 0.4) is 0 Å². The number of carbonyl (C=O) groups is 3. The van der Waals surface area contributed by atoms with E-state index in [4.69, 9.17) is 11.6 Å². The first-order chi connectivity index (χ1) is 11.9. The number of carboxylic acid groups (broad SMARTS) is 1. The van der Waals surface area contributed by atoms with Crippen molar-refractivity contribution in [3.05, 3.63) is 40.9 Å². The highest BCUT2D eigenvalue weighted by Gasteiger charge is 2.34. The number of halogens is 1. The summed E-state index contributed by atoms with van der Waals surface area (Å²) < 4.78 is 0. The van der Waals surface area contributed by atoms with Gasteiger partial charge in [-0.25, -0.2) is 0 Å². The molecule has 0 saturated carbocycles. The predicted octanol–water partition coefficient (Wildman–Crippen LogP) is 3.09. The summed E-state index contributed by atoms with van der Waals surface area (Å²) in [4.78, 5) is 35.7. The van der Waals surface area contributed by atoms with E-state index in [-0.39, 0.29) is 16.8 Å². The lowest BCUT2D eigenvalue weighted by Gasteiger charge is -2.24. The first kappa shape index (κ1) is 19.0. The molecule has 0 spiro atoms. The summed E-state index contributed by atoms with van der Waals surface area (Å²) in [6.07, 6.45) is 5.14. The topological polar surface area (TPSA) is 95.5 Å². The number of carboxylic acids is 1. The Hall–Kier alpha value is -2.34. The Bertz CT molecular complexity index is 702. The molecule has 2 amide bonds.